The van der Waals surface area contributed by atoms with Crippen molar-refractivity contribution in [3.05, 3.63) is 24.4 Å². The molecular formula is C10H15N3O. The third-order valence-corrected chi connectivity index (χ3v) is 2.59. The molecule has 0 spiro atoms. The lowest BCUT2D eigenvalue weighted by atomic mass is 10.2. The Labute approximate surface area is 83.7 Å². The van der Waals surface area contributed by atoms with E-state index in [1.54, 1.807) is 13.3 Å². The molecule has 1 aliphatic rings. The van der Waals surface area contributed by atoms with Gasteiger partial charge in [0.2, 0.25) is 0 Å². The summed E-state index contributed by atoms with van der Waals surface area (Å²) in [5.74, 6) is 0.975. The standard InChI is InChI=1S/C10H15N3O/c1-14-9-7-13(6-8(9)11)10-4-2-3-5-12-10/h2-5,8-9H,6-7,11H2,1H3. The average Bonchev–Trinajstić information content (AvgIpc) is 2.61. The minimum atomic E-state index is 0.0852. The summed E-state index contributed by atoms with van der Waals surface area (Å²) in [6, 6.07) is 5.97. The molecule has 2 N–H and O–H groups in total. The number of aromatic nitrogens is 1. The highest BCUT2D eigenvalue weighted by atomic mass is 16.5. The van der Waals surface area contributed by atoms with Crippen LogP contribution in [0, 0.1) is 0 Å². The molecule has 2 atom stereocenters. The monoisotopic (exact) mass is 193 g/mol. The topological polar surface area (TPSA) is 51.4 Å². The summed E-state index contributed by atoms with van der Waals surface area (Å²) in [5.41, 5.74) is 5.92. The SMILES string of the molecule is COC1CN(c2ccccn2)CC1N. The van der Waals surface area contributed by atoms with E-state index in [-0.39, 0.29) is 12.1 Å². The first-order chi connectivity index (χ1) is 6.81. The van der Waals surface area contributed by atoms with Crippen LogP contribution in [-0.4, -0.2) is 37.3 Å². The van der Waals surface area contributed by atoms with E-state index in [0.717, 1.165) is 18.9 Å². The van der Waals surface area contributed by atoms with Gasteiger partial charge in [-0.1, -0.05) is 6.07 Å². The quantitative estimate of drug-likeness (QED) is 0.731. The van der Waals surface area contributed by atoms with Crippen LogP contribution in [-0.2, 0) is 4.74 Å². The summed E-state index contributed by atoms with van der Waals surface area (Å²) in [7, 11) is 1.70. The third-order valence-electron chi connectivity index (χ3n) is 2.59. The van der Waals surface area contributed by atoms with Gasteiger partial charge < -0.3 is 15.4 Å². The van der Waals surface area contributed by atoms with Crippen LogP contribution in [0.15, 0.2) is 24.4 Å². The van der Waals surface area contributed by atoms with Crippen LogP contribution in [0.1, 0.15) is 0 Å². The zero-order valence-electron chi connectivity index (χ0n) is 8.26. The van der Waals surface area contributed by atoms with Crippen molar-refractivity contribution in [3.63, 3.8) is 0 Å². The molecular weight excluding hydrogens is 178 g/mol. The number of hydrogen-bond acceptors (Lipinski definition) is 4. The predicted octanol–water partition coefficient (Wildman–Crippen LogP) is 0.244. The van der Waals surface area contributed by atoms with Crippen LogP contribution in [0.25, 0.3) is 0 Å². The maximum absolute atomic E-state index is 5.92. The Morgan fingerprint density at radius 3 is 2.93 bits per heavy atom. The van der Waals surface area contributed by atoms with Gasteiger partial charge in [0.15, 0.2) is 0 Å². The molecule has 2 rings (SSSR count). The van der Waals surface area contributed by atoms with Gasteiger partial charge in [-0.05, 0) is 12.1 Å². The van der Waals surface area contributed by atoms with Crippen LogP contribution in [0.3, 0.4) is 0 Å². The van der Waals surface area contributed by atoms with Crippen molar-refractivity contribution in [2.24, 2.45) is 5.73 Å². The predicted molar refractivity (Wildman–Crippen MR) is 55.2 cm³/mol. The van der Waals surface area contributed by atoms with Gasteiger partial charge in [0, 0.05) is 26.4 Å². The average molecular weight is 193 g/mol. The van der Waals surface area contributed by atoms with Crippen molar-refractivity contribution < 1.29 is 4.74 Å². The summed E-state index contributed by atoms with van der Waals surface area (Å²) >= 11 is 0. The lowest BCUT2D eigenvalue weighted by Gasteiger charge is -2.16. The largest absolute Gasteiger partial charge is 0.378 e. The molecule has 0 bridgehead atoms. The van der Waals surface area contributed by atoms with Gasteiger partial charge in [-0.15, -0.1) is 0 Å². The van der Waals surface area contributed by atoms with Crippen molar-refractivity contribution in [3.8, 4) is 0 Å². The molecule has 76 valence electrons. The molecule has 1 aromatic heterocycles. The number of hydrogen-bond donors (Lipinski definition) is 1. The minimum Gasteiger partial charge on any atom is -0.378 e. The fraction of sp³-hybridized carbons (Fsp3) is 0.500. The fourth-order valence-corrected chi connectivity index (χ4v) is 1.78. The Hall–Kier alpha value is -1.13. The van der Waals surface area contributed by atoms with Crippen LogP contribution in [0.5, 0.6) is 0 Å². The molecule has 0 aliphatic carbocycles. The molecule has 1 saturated heterocycles. The summed E-state index contributed by atoms with van der Waals surface area (Å²) in [6.45, 7) is 1.64. The second-order valence-corrected chi connectivity index (χ2v) is 3.53. The number of methoxy groups -OCH3 is 1. The molecule has 2 unspecified atom stereocenters. The molecule has 4 heteroatoms. The zero-order valence-corrected chi connectivity index (χ0v) is 8.26. The summed E-state index contributed by atoms with van der Waals surface area (Å²) < 4.78 is 5.28. The van der Waals surface area contributed by atoms with Gasteiger partial charge in [-0.2, -0.15) is 0 Å². The van der Waals surface area contributed by atoms with Gasteiger partial charge in [0.25, 0.3) is 0 Å². The van der Waals surface area contributed by atoms with Crippen LogP contribution in [0.2, 0.25) is 0 Å². The van der Waals surface area contributed by atoms with E-state index in [1.807, 2.05) is 18.2 Å². The van der Waals surface area contributed by atoms with E-state index in [4.69, 9.17) is 10.5 Å². The first-order valence-corrected chi connectivity index (χ1v) is 4.75. The number of nitrogens with two attached hydrogens (primary N) is 1. The fourth-order valence-electron chi connectivity index (χ4n) is 1.78. The van der Waals surface area contributed by atoms with E-state index >= 15 is 0 Å². The Bertz CT molecular complexity index is 291. The molecule has 0 radical (unpaired) electrons. The molecule has 2 heterocycles. The highest BCUT2D eigenvalue weighted by Gasteiger charge is 2.30. The molecule has 0 saturated carbocycles. The van der Waals surface area contributed by atoms with Crippen LogP contribution >= 0.6 is 0 Å². The summed E-state index contributed by atoms with van der Waals surface area (Å²) in [5, 5.41) is 0. The first-order valence-electron chi connectivity index (χ1n) is 4.75. The summed E-state index contributed by atoms with van der Waals surface area (Å²) in [4.78, 5) is 6.43. The normalized spacial score (nSPS) is 26.9. The molecule has 0 amide bonds. The van der Waals surface area contributed by atoms with Gasteiger partial charge >= 0.3 is 0 Å². The van der Waals surface area contributed by atoms with Crippen molar-refractivity contribution in [2.45, 2.75) is 12.1 Å². The number of nitrogens with zero attached hydrogens (tertiary/aromatic N) is 2. The van der Waals surface area contributed by atoms with Crippen molar-refractivity contribution in [1.82, 2.24) is 4.98 Å². The Balaban J connectivity index is 2.09. The second kappa shape index (κ2) is 3.94. The molecule has 0 aromatic carbocycles. The van der Waals surface area contributed by atoms with Crippen molar-refractivity contribution >= 4 is 5.82 Å². The van der Waals surface area contributed by atoms with Gasteiger partial charge in [0.1, 0.15) is 5.82 Å². The van der Waals surface area contributed by atoms with Crippen molar-refractivity contribution in [2.75, 3.05) is 25.1 Å². The van der Waals surface area contributed by atoms with E-state index in [0.29, 0.717) is 0 Å². The highest BCUT2D eigenvalue weighted by Crippen LogP contribution is 2.17. The number of rotatable bonds is 2. The molecule has 14 heavy (non-hydrogen) atoms. The Morgan fingerprint density at radius 2 is 2.36 bits per heavy atom. The highest BCUT2D eigenvalue weighted by molar-refractivity contribution is 5.40. The first kappa shape index (κ1) is 9.43. The lowest BCUT2D eigenvalue weighted by molar-refractivity contribution is 0.108. The number of ether oxygens (including phenoxy) is 1. The van der Waals surface area contributed by atoms with E-state index < -0.39 is 0 Å². The molecule has 4 nitrogen and oxygen atoms in total. The Kier molecular flexibility index (Phi) is 2.65. The molecule has 1 fully saturated rings. The van der Waals surface area contributed by atoms with E-state index in [1.165, 1.54) is 0 Å². The molecule has 1 aromatic rings. The molecule has 1 aliphatic heterocycles. The van der Waals surface area contributed by atoms with Gasteiger partial charge in [-0.25, -0.2) is 4.98 Å². The third kappa shape index (κ3) is 1.71. The summed E-state index contributed by atoms with van der Waals surface area (Å²) in [6.07, 6.45) is 1.91. The van der Waals surface area contributed by atoms with E-state index in [9.17, 15) is 0 Å². The van der Waals surface area contributed by atoms with Crippen LogP contribution in [0.4, 0.5) is 5.82 Å². The van der Waals surface area contributed by atoms with Gasteiger partial charge in [-0.3, -0.25) is 0 Å². The Morgan fingerprint density at radius 1 is 1.50 bits per heavy atom. The zero-order chi connectivity index (χ0) is 9.97. The minimum absolute atomic E-state index is 0.0852. The van der Waals surface area contributed by atoms with Crippen LogP contribution < -0.4 is 10.6 Å². The van der Waals surface area contributed by atoms with E-state index in [2.05, 4.69) is 9.88 Å². The lowest BCUT2D eigenvalue weighted by Crippen LogP contribution is -2.34. The van der Waals surface area contributed by atoms with Crippen molar-refractivity contribution in [1.29, 1.82) is 0 Å². The number of anilines is 1. The maximum Gasteiger partial charge on any atom is 0.128 e. The van der Waals surface area contributed by atoms with Gasteiger partial charge in [0.05, 0.1) is 12.1 Å². The smallest absolute Gasteiger partial charge is 0.128 e. The maximum atomic E-state index is 5.92. The second-order valence-electron chi connectivity index (χ2n) is 3.53. The number of pyridine rings is 1.